The maximum Gasteiger partial charge on any atom is 0.390 e. The lowest BCUT2D eigenvalue weighted by molar-refractivity contribution is -0.130. The van der Waals surface area contributed by atoms with Crippen molar-refractivity contribution in [2.24, 2.45) is 0 Å². The highest BCUT2D eigenvalue weighted by Gasteiger charge is 2.33. The van der Waals surface area contributed by atoms with Crippen molar-refractivity contribution in [1.82, 2.24) is 13.7 Å². The number of nitrogens with zero attached hydrogens (tertiary/aromatic N) is 4. The normalized spacial score (nSPS) is 15.6. The van der Waals surface area contributed by atoms with Gasteiger partial charge in [0.25, 0.3) is 0 Å². The first kappa shape index (κ1) is 26.4. The number of rotatable bonds is 8. The molecule has 1 fully saturated rings. The van der Waals surface area contributed by atoms with Crippen molar-refractivity contribution in [3.05, 3.63) is 65.5 Å². The predicted octanol–water partition coefficient (Wildman–Crippen LogP) is 5.02. The summed E-state index contributed by atoms with van der Waals surface area (Å²) in [4.78, 5) is 6.55. The minimum Gasteiger partial charge on any atom is -0.457 e. The number of hydrogen-bond donors (Lipinski definition) is 0. The standard InChI is InChI=1S/C24H27F3N4O3S2/c1-18-3-7-20(8-4-18)34-21-9-5-19(6-10-21)17-22-28-23(35-29-22)30-12-2-13-31(15-14-30)36(32,33)16-11-24(25,26)27/h3-10H,2,11-17H2,1H3. The highest BCUT2D eigenvalue weighted by atomic mass is 32.2. The highest BCUT2D eigenvalue weighted by molar-refractivity contribution is 7.89. The van der Waals surface area contributed by atoms with E-state index in [2.05, 4.69) is 9.36 Å². The lowest BCUT2D eigenvalue weighted by Gasteiger charge is -2.21. The molecule has 0 saturated carbocycles. The predicted molar refractivity (Wildman–Crippen MR) is 133 cm³/mol. The summed E-state index contributed by atoms with van der Waals surface area (Å²) in [7, 11) is -3.96. The Balaban J connectivity index is 1.32. The van der Waals surface area contributed by atoms with Gasteiger partial charge in [0.05, 0.1) is 12.2 Å². The number of sulfonamides is 1. The molecule has 7 nitrogen and oxygen atoms in total. The van der Waals surface area contributed by atoms with E-state index in [1.807, 2.05) is 60.4 Å². The van der Waals surface area contributed by atoms with Crippen LogP contribution in [-0.2, 0) is 16.4 Å². The van der Waals surface area contributed by atoms with Crippen LogP contribution in [0.2, 0.25) is 0 Å². The van der Waals surface area contributed by atoms with Crippen molar-refractivity contribution in [3.63, 3.8) is 0 Å². The minimum absolute atomic E-state index is 0.123. The molecule has 2 aromatic carbocycles. The van der Waals surface area contributed by atoms with Gasteiger partial charge >= 0.3 is 6.18 Å². The first-order valence-electron chi connectivity index (χ1n) is 11.5. The third-order valence-corrected chi connectivity index (χ3v) is 8.45. The largest absolute Gasteiger partial charge is 0.457 e. The van der Waals surface area contributed by atoms with E-state index in [1.54, 1.807) is 0 Å². The smallest absolute Gasteiger partial charge is 0.390 e. The molecule has 0 radical (unpaired) electrons. The van der Waals surface area contributed by atoms with E-state index in [4.69, 9.17) is 4.74 Å². The minimum atomic E-state index is -4.50. The molecule has 0 aliphatic carbocycles. The average molecular weight is 541 g/mol. The van der Waals surface area contributed by atoms with Crippen LogP contribution in [0.1, 0.15) is 29.8 Å². The second kappa shape index (κ2) is 11.1. The maximum absolute atomic E-state index is 12.5. The molecule has 0 N–H and O–H groups in total. The van der Waals surface area contributed by atoms with Gasteiger partial charge in [-0.05, 0) is 43.2 Å². The van der Waals surface area contributed by atoms with Gasteiger partial charge in [0.15, 0.2) is 0 Å². The molecule has 3 aromatic rings. The number of aryl methyl sites for hydroxylation is 1. The van der Waals surface area contributed by atoms with Crippen LogP contribution in [0.5, 0.6) is 11.5 Å². The zero-order valence-corrected chi connectivity index (χ0v) is 21.4. The molecular weight excluding hydrogens is 513 g/mol. The Bertz CT molecular complexity index is 1250. The molecule has 36 heavy (non-hydrogen) atoms. The fraction of sp³-hybridized carbons (Fsp3) is 0.417. The molecule has 0 atom stereocenters. The van der Waals surface area contributed by atoms with Gasteiger partial charge in [-0.2, -0.15) is 17.5 Å². The van der Waals surface area contributed by atoms with Gasteiger partial charge in [0, 0.05) is 44.1 Å². The van der Waals surface area contributed by atoms with Crippen LogP contribution >= 0.6 is 11.5 Å². The quantitative estimate of drug-likeness (QED) is 0.399. The first-order valence-corrected chi connectivity index (χ1v) is 13.9. The number of alkyl halides is 3. The number of benzene rings is 2. The van der Waals surface area contributed by atoms with Crippen LogP contribution in [0.3, 0.4) is 0 Å². The number of aromatic nitrogens is 2. The van der Waals surface area contributed by atoms with E-state index < -0.39 is 28.4 Å². The van der Waals surface area contributed by atoms with Crippen LogP contribution in [0, 0.1) is 6.92 Å². The third kappa shape index (κ3) is 7.40. The number of halogens is 3. The van der Waals surface area contributed by atoms with Gasteiger partial charge in [-0.25, -0.2) is 17.7 Å². The molecule has 0 bridgehead atoms. The van der Waals surface area contributed by atoms with E-state index >= 15 is 0 Å². The molecule has 4 rings (SSSR count). The third-order valence-electron chi connectivity index (χ3n) is 5.76. The molecular formula is C24H27F3N4O3S2. The zero-order chi connectivity index (χ0) is 25.8. The first-order chi connectivity index (χ1) is 17.1. The lowest BCUT2D eigenvalue weighted by atomic mass is 10.1. The van der Waals surface area contributed by atoms with Crippen molar-refractivity contribution >= 4 is 26.7 Å². The fourth-order valence-electron chi connectivity index (χ4n) is 3.78. The Hall–Kier alpha value is -2.70. The van der Waals surface area contributed by atoms with Crippen molar-refractivity contribution in [1.29, 1.82) is 0 Å². The highest BCUT2D eigenvalue weighted by Crippen LogP contribution is 2.25. The van der Waals surface area contributed by atoms with Gasteiger partial charge in [-0.1, -0.05) is 29.8 Å². The molecule has 0 amide bonds. The summed E-state index contributed by atoms with van der Waals surface area (Å²) >= 11 is 1.24. The summed E-state index contributed by atoms with van der Waals surface area (Å²) < 4.78 is 73.6. The second-order valence-corrected chi connectivity index (χ2v) is 11.5. The van der Waals surface area contributed by atoms with E-state index in [-0.39, 0.29) is 13.1 Å². The van der Waals surface area contributed by atoms with Crippen molar-refractivity contribution in [2.45, 2.75) is 32.4 Å². The zero-order valence-electron chi connectivity index (χ0n) is 19.7. The number of hydrogen-bond acceptors (Lipinski definition) is 7. The molecule has 0 spiro atoms. The molecule has 194 valence electrons. The number of ether oxygens (including phenoxy) is 1. The molecule has 12 heteroatoms. The Morgan fingerprint density at radius 1 is 0.972 bits per heavy atom. The van der Waals surface area contributed by atoms with Gasteiger partial charge in [0.2, 0.25) is 15.2 Å². The van der Waals surface area contributed by atoms with Crippen molar-refractivity contribution in [3.8, 4) is 11.5 Å². The molecule has 2 heterocycles. The van der Waals surface area contributed by atoms with E-state index in [0.29, 0.717) is 36.9 Å². The average Bonchev–Trinajstić information content (AvgIpc) is 3.14. The van der Waals surface area contributed by atoms with Gasteiger partial charge < -0.3 is 9.64 Å². The Morgan fingerprint density at radius 3 is 2.31 bits per heavy atom. The molecule has 1 aliphatic heterocycles. The van der Waals surface area contributed by atoms with Crippen molar-refractivity contribution in [2.75, 3.05) is 36.8 Å². The van der Waals surface area contributed by atoms with Crippen LogP contribution in [0.25, 0.3) is 0 Å². The Labute approximate surface area is 212 Å². The molecule has 1 aromatic heterocycles. The summed E-state index contributed by atoms with van der Waals surface area (Å²) in [6.07, 6.45) is -4.80. The summed E-state index contributed by atoms with van der Waals surface area (Å²) in [5.74, 6) is 1.23. The van der Waals surface area contributed by atoms with E-state index in [0.717, 1.165) is 26.9 Å². The summed E-state index contributed by atoms with van der Waals surface area (Å²) in [6, 6.07) is 15.5. The summed E-state index contributed by atoms with van der Waals surface area (Å²) in [5, 5.41) is 0.680. The lowest BCUT2D eigenvalue weighted by Crippen LogP contribution is -2.37. The van der Waals surface area contributed by atoms with Gasteiger partial charge in [-0.15, -0.1) is 0 Å². The van der Waals surface area contributed by atoms with E-state index in [1.165, 1.54) is 11.5 Å². The molecule has 1 aliphatic rings. The summed E-state index contributed by atoms with van der Waals surface area (Å²) in [6.45, 7) is 3.25. The fourth-order valence-corrected chi connectivity index (χ4v) is 6.03. The van der Waals surface area contributed by atoms with Crippen LogP contribution in [0.4, 0.5) is 18.3 Å². The van der Waals surface area contributed by atoms with Crippen LogP contribution in [0.15, 0.2) is 48.5 Å². The van der Waals surface area contributed by atoms with Crippen LogP contribution < -0.4 is 9.64 Å². The summed E-state index contributed by atoms with van der Waals surface area (Å²) in [5.41, 5.74) is 2.18. The number of anilines is 1. The van der Waals surface area contributed by atoms with Gasteiger partial charge in [0.1, 0.15) is 17.3 Å². The Kier molecular flexibility index (Phi) is 8.16. The molecule has 1 saturated heterocycles. The maximum atomic E-state index is 12.5. The second-order valence-electron chi connectivity index (χ2n) is 8.65. The van der Waals surface area contributed by atoms with Gasteiger partial charge in [-0.3, -0.25) is 0 Å². The van der Waals surface area contributed by atoms with Crippen LogP contribution in [-0.4, -0.2) is 60.2 Å². The molecule has 0 unspecified atom stereocenters. The topological polar surface area (TPSA) is 75.6 Å². The monoisotopic (exact) mass is 540 g/mol. The van der Waals surface area contributed by atoms with E-state index in [9.17, 15) is 21.6 Å². The van der Waals surface area contributed by atoms with Crippen molar-refractivity contribution < 1.29 is 26.3 Å². The Morgan fingerprint density at radius 2 is 1.64 bits per heavy atom. The SMILES string of the molecule is Cc1ccc(Oc2ccc(Cc3nsc(N4CCCN(S(=O)(=O)CCC(F)(F)F)CC4)n3)cc2)cc1.